The third-order valence-corrected chi connectivity index (χ3v) is 4.77. The van der Waals surface area contributed by atoms with Crippen molar-refractivity contribution in [2.45, 2.75) is 38.5 Å². The highest BCUT2D eigenvalue weighted by molar-refractivity contribution is 6.04. The van der Waals surface area contributed by atoms with E-state index in [2.05, 4.69) is 0 Å². The van der Waals surface area contributed by atoms with Gasteiger partial charge in [-0.15, -0.1) is 0 Å². The summed E-state index contributed by atoms with van der Waals surface area (Å²) in [6.07, 6.45) is -4.79. The molecule has 0 N–H and O–H groups in total. The second kappa shape index (κ2) is 5.23. The summed E-state index contributed by atoms with van der Waals surface area (Å²) in [6, 6.07) is 0.179. The Labute approximate surface area is 136 Å². The number of nitriles is 1. The summed E-state index contributed by atoms with van der Waals surface area (Å²) < 4.78 is 40.9. The molecule has 2 saturated heterocycles. The third kappa shape index (κ3) is 2.15. The Morgan fingerprint density at radius 3 is 2.46 bits per heavy atom. The Morgan fingerprint density at radius 1 is 1.21 bits per heavy atom. The number of rotatable bonds is 1. The van der Waals surface area contributed by atoms with Gasteiger partial charge >= 0.3 is 12.2 Å². The number of hydrogen-bond donors (Lipinski definition) is 0. The van der Waals surface area contributed by atoms with Crippen molar-refractivity contribution in [1.29, 1.82) is 5.26 Å². The van der Waals surface area contributed by atoms with Crippen molar-refractivity contribution >= 4 is 17.5 Å². The van der Waals surface area contributed by atoms with Gasteiger partial charge in [-0.25, -0.2) is 4.79 Å². The van der Waals surface area contributed by atoms with Crippen molar-refractivity contribution in [3.8, 4) is 6.07 Å². The molecule has 0 aliphatic carbocycles. The summed E-state index contributed by atoms with van der Waals surface area (Å²) in [5, 5.41) is 9.03. The minimum Gasteiger partial charge on any atom is -0.311 e. The van der Waals surface area contributed by atoms with E-state index in [0.29, 0.717) is 21.6 Å². The van der Waals surface area contributed by atoms with Crippen LogP contribution >= 0.6 is 0 Å². The Bertz CT molecular complexity index is 782. The maximum Gasteiger partial charge on any atom is 0.411 e. The van der Waals surface area contributed by atoms with Crippen LogP contribution in [0.15, 0.2) is 12.1 Å². The molecule has 2 heterocycles. The highest BCUT2D eigenvalue weighted by Crippen LogP contribution is 2.42. The molecule has 126 valence electrons. The van der Waals surface area contributed by atoms with Crippen LogP contribution in [0, 0.1) is 25.2 Å². The summed E-state index contributed by atoms with van der Waals surface area (Å²) in [5.74, 6) is -0.573. The molecule has 1 aromatic carbocycles. The molecule has 0 aromatic heterocycles. The normalized spacial score (nSPS) is 23.7. The second-order valence-corrected chi connectivity index (χ2v) is 5.99. The van der Waals surface area contributed by atoms with E-state index in [-0.39, 0.29) is 18.7 Å². The first kappa shape index (κ1) is 16.3. The van der Waals surface area contributed by atoms with Gasteiger partial charge in [-0.2, -0.15) is 18.4 Å². The van der Waals surface area contributed by atoms with Crippen molar-refractivity contribution in [2.75, 3.05) is 11.4 Å². The topological polar surface area (TPSA) is 64.4 Å². The van der Waals surface area contributed by atoms with E-state index >= 15 is 0 Å². The van der Waals surface area contributed by atoms with Crippen LogP contribution in [0.2, 0.25) is 0 Å². The number of halogens is 3. The zero-order chi connectivity index (χ0) is 17.8. The number of ketones is 1. The van der Waals surface area contributed by atoms with E-state index in [1.165, 1.54) is 12.1 Å². The van der Waals surface area contributed by atoms with E-state index in [0.717, 1.165) is 4.90 Å². The first-order valence-electron chi connectivity index (χ1n) is 7.38. The van der Waals surface area contributed by atoms with Crippen LogP contribution in [0.25, 0.3) is 0 Å². The molecule has 2 aliphatic rings. The average molecular weight is 337 g/mol. The van der Waals surface area contributed by atoms with Crippen LogP contribution < -0.4 is 4.90 Å². The quantitative estimate of drug-likeness (QED) is 0.791. The fourth-order valence-corrected chi connectivity index (χ4v) is 3.42. The zero-order valence-corrected chi connectivity index (χ0v) is 13.0. The van der Waals surface area contributed by atoms with Crippen LogP contribution in [-0.4, -0.2) is 41.5 Å². The zero-order valence-electron chi connectivity index (χ0n) is 13.0. The van der Waals surface area contributed by atoms with Gasteiger partial charge in [-0.3, -0.25) is 9.69 Å². The van der Waals surface area contributed by atoms with Crippen LogP contribution in [0.1, 0.15) is 23.1 Å². The lowest BCUT2D eigenvalue weighted by atomic mass is 9.99. The molecule has 0 spiro atoms. The molecular formula is C16H14F3N3O2. The molecule has 0 saturated carbocycles. The lowest BCUT2D eigenvalue weighted by Gasteiger charge is -2.29. The van der Waals surface area contributed by atoms with E-state index < -0.39 is 30.1 Å². The summed E-state index contributed by atoms with van der Waals surface area (Å²) >= 11 is 0. The molecule has 2 unspecified atom stereocenters. The number of carbonyl (C=O) groups excluding carboxylic acids is 2. The molecule has 8 heteroatoms. The Hall–Kier alpha value is -2.56. The molecule has 3 rings (SSSR count). The van der Waals surface area contributed by atoms with Crippen LogP contribution in [-0.2, 0) is 4.79 Å². The van der Waals surface area contributed by atoms with E-state index in [4.69, 9.17) is 5.26 Å². The molecule has 2 atom stereocenters. The molecule has 2 amide bonds. The average Bonchev–Trinajstić information content (AvgIpc) is 3.01. The monoisotopic (exact) mass is 337 g/mol. The number of alkyl halides is 3. The maximum absolute atomic E-state index is 13.6. The lowest BCUT2D eigenvalue weighted by Crippen LogP contribution is -2.50. The van der Waals surface area contributed by atoms with Gasteiger partial charge in [0.25, 0.3) is 0 Å². The highest BCUT2D eigenvalue weighted by Gasteiger charge is 2.63. The van der Waals surface area contributed by atoms with Gasteiger partial charge in [0, 0.05) is 18.7 Å². The van der Waals surface area contributed by atoms with Crippen molar-refractivity contribution in [3.63, 3.8) is 0 Å². The lowest BCUT2D eigenvalue weighted by molar-refractivity contribution is -0.156. The van der Waals surface area contributed by atoms with E-state index in [1.807, 2.05) is 6.07 Å². The predicted octanol–water partition coefficient (Wildman–Crippen LogP) is 2.69. The van der Waals surface area contributed by atoms with Gasteiger partial charge in [0.1, 0.15) is 6.04 Å². The van der Waals surface area contributed by atoms with Gasteiger partial charge < -0.3 is 4.90 Å². The molecule has 24 heavy (non-hydrogen) atoms. The fourth-order valence-electron chi connectivity index (χ4n) is 3.42. The first-order chi connectivity index (χ1) is 11.2. The maximum atomic E-state index is 13.6. The standard InChI is InChI=1S/C16H14F3N3O2/c1-8-9(2)11(4-3-10(8)7-20)22-14(16(17,18)19)13-12(23)5-6-21(13)15(22)24/h3-4,13-14H,5-6H2,1-2H3. The number of anilines is 1. The minimum atomic E-state index is -4.73. The second-order valence-electron chi connectivity index (χ2n) is 5.99. The number of fused-ring (bicyclic) bond motifs is 1. The van der Waals surface area contributed by atoms with Gasteiger partial charge in [-0.1, -0.05) is 0 Å². The van der Waals surface area contributed by atoms with Gasteiger partial charge in [-0.05, 0) is 37.1 Å². The number of amides is 2. The van der Waals surface area contributed by atoms with Crippen LogP contribution in [0.3, 0.4) is 0 Å². The molecular weight excluding hydrogens is 323 g/mol. The Morgan fingerprint density at radius 2 is 1.88 bits per heavy atom. The van der Waals surface area contributed by atoms with Gasteiger partial charge in [0.15, 0.2) is 11.8 Å². The summed E-state index contributed by atoms with van der Waals surface area (Å²) in [7, 11) is 0. The van der Waals surface area contributed by atoms with Crippen molar-refractivity contribution in [2.24, 2.45) is 0 Å². The number of carbonyl (C=O) groups is 2. The summed E-state index contributed by atoms with van der Waals surface area (Å²) in [5.41, 5.74) is 1.36. The van der Waals surface area contributed by atoms with Crippen molar-refractivity contribution in [1.82, 2.24) is 4.90 Å². The summed E-state index contributed by atoms with van der Waals surface area (Å²) in [6.45, 7) is 3.18. The predicted molar refractivity (Wildman–Crippen MR) is 78.5 cm³/mol. The SMILES string of the molecule is Cc1c(C#N)ccc(N2C(=O)N3CCC(=O)C3C2C(F)(F)F)c1C. The number of benzene rings is 1. The molecule has 1 aromatic rings. The van der Waals surface area contributed by atoms with Crippen molar-refractivity contribution < 1.29 is 22.8 Å². The van der Waals surface area contributed by atoms with Gasteiger partial charge in [0.2, 0.25) is 0 Å². The third-order valence-electron chi connectivity index (χ3n) is 4.77. The number of nitrogens with zero attached hydrogens (tertiary/aromatic N) is 3. The molecule has 5 nitrogen and oxygen atoms in total. The molecule has 0 radical (unpaired) electrons. The largest absolute Gasteiger partial charge is 0.411 e. The first-order valence-corrected chi connectivity index (χ1v) is 7.38. The Balaban J connectivity index is 2.16. The van der Waals surface area contributed by atoms with Crippen LogP contribution in [0.4, 0.5) is 23.7 Å². The summed E-state index contributed by atoms with van der Waals surface area (Å²) in [4.78, 5) is 26.1. The highest BCUT2D eigenvalue weighted by atomic mass is 19.4. The van der Waals surface area contributed by atoms with Crippen molar-refractivity contribution in [3.05, 3.63) is 28.8 Å². The smallest absolute Gasteiger partial charge is 0.311 e. The molecule has 2 fully saturated rings. The Kier molecular flexibility index (Phi) is 3.55. The molecule has 2 aliphatic heterocycles. The molecule has 0 bridgehead atoms. The number of urea groups is 1. The fraction of sp³-hybridized carbons (Fsp3) is 0.438. The van der Waals surface area contributed by atoms with E-state index in [9.17, 15) is 22.8 Å². The minimum absolute atomic E-state index is 0.000276. The number of hydrogen-bond acceptors (Lipinski definition) is 3. The number of Topliss-reactive ketones (excluding diaryl/α,β-unsaturated/α-hetero) is 1. The van der Waals surface area contributed by atoms with E-state index in [1.54, 1.807) is 13.8 Å². The van der Waals surface area contributed by atoms with Gasteiger partial charge in [0.05, 0.1) is 11.6 Å². The van der Waals surface area contributed by atoms with Crippen LogP contribution in [0.5, 0.6) is 0 Å².